The van der Waals surface area contributed by atoms with Crippen molar-refractivity contribution in [1.82, 2.24) is 14.3 Å². The van der Waals surface area contributed by atoms with Gasteiger partial charge >= 0.3 is 5.69 Å². The maximum atomic E-state index is 12.9. The molecule has 0 bridgehead atoms. The summed E-state index contributed by atoms with van der Waals surface area (Å²) in [7, 11) is 1.62. The fourth-order valence-corrected chi connectivity index (χ4v) is 3.46. The summed E-state index contributed by atoms with van der Waals surface area (Å²) in [4.78, 5) is 25.4. The number of nitrogens with zero attached hydrogens (tertiary/aromatic N) is 3. The average molecular weight is 412 g/mol. The summed E-state index contributed by atoms with van der Waals surface area (Å²) in [5, 5.41) is 5.10. The first-order valence-corrected chi connectivity index (χ1v) is 10.0. The normalized spacial score (nSPS) is 13.4. The standard InChI is InChI=1S/C22H22ClN3O3/c1-29-20-4-2-3-15(13-20)5-12-19(27)14-25-22(28)26(18-10-11-18)21(24-25)16-6-8-17(23)9-7-16/h2-4,6-9,13,18H,5,10-12,14H2,1H3. The van der Waals surface area contributed by atoms with E-state index >= 15 is 0 Å². The van der Waals surface area contributed by atoms with Gasteiger partial charge in [0, 0.05) is 23.0 Å². The Morgan fingerprint density at radius 1 is 1.21 bits per heavy atom. The summed E-state index contributed by atoms with van der Waals surface area (Å²) in [5.41, 5.74) is 1.61. The third kappa shape index (κ3) is 4.43. The summed E-state index contributed by atoms with van der Waals surface area (Å²) < 4.78 is 8.21. The molecular weight excluding hydrogens is 390 g/mol. The van der Waals surface area contributed by atoms with Crippen LogP contribution in [0.3, 0.4) is 0 Å². The van der Waals surface area contributed by atoms with Crippen molar-refractivity contribution >= 4 is 17.4 Å². The number of ether oxygens (including phenoxy) is 1. The molecule has 1 aliphatic rings. The number of rotatable bonds is 8. The van der Waals surface area contributed by atoms with Crippen LogP contribution in [0.4, 0.5) is 0 Å². The number of hydrogen-bond acceptors (Lipinski definition) is 4. The second-order valence-electron chi connectivity index (χ2n) is 7.26. The molecule has 3 aromatic rings. The number of carbonyl (C=O) groups is 1. The molecule has 0 radical (unpaired) electrons. The van der Waals surface area contributed by atoms with Gasteiger partial charge in [-0.05, 0) is 61.2 Å². The summed E-state index contributed by atoms with van der Waals surface area (Å²) >= 11 is 5.98. The summed E-state index contributed by atoms with van der Waals surface area (Å²) in [6, 6.07) is 15.0. The lowest BCUT2D eigenvalue weighted by atomic mass is 10.1. The third-order valence-corrected chi connectivity index (χ3v) is 5.29. The molecule has 6 nitrogen and oxygen atoms in total. The Morgan fingerprint density at radius 3 is 2.66 bits per heavy atom. The van der Waals surface area contributed by atoms with Crippen molar-refractivity contribution < 1.29 is 9.53 Å². The van der Waals surface area contributed by atoms with E-state index < -0.39 is 0 Å². The monoisotopic (exact) mass is 411 g/mol. The second-order valence-corrected chi connectivity index (χ2v) is 7.70. The van der Waals surface area contributed by atoms with Crippen LogP contribution in [0.15, 0.2) is 53.3 Å². The van der Waals surface area contributed by atoms with Gasteiger partial charge in [-0.15, -0.1) is 5.10 Å². The van der Waals surface area contributed by atoms with Crippen molar-refractivity contribution in [1.29, 1.82) is 0 Å². The zero-order valence-corrected chi connectivity index (χ0v) is 16.9. The number of carbonyl (C=O) groups excluding carboxylic acids is 1. The quantitative estimate of drug-likeness (QED) is 0.563. The number of Topliss-reactive ketones (excluding diaryl/α,β-unsaturated/α-hetero) is 1. The van der Waals surface area contributed by atoms with Gasteiger partial charge in [0.2, 0.25) is 0 Å². The Kier molecular flexibility index (Phi) is 5.53. The van der Waals surface area contributed by atoms with Crippen LogP contribution in [0.1, 0.15) is 30.9 Å². The lowest BCUT2D eigenvalue weighted by Gasteiger charge is -2.04. The number of aromatic nitrogens is 3. The molecule has 29 heavy (non-hydrogen) atoms. The van der Waals surface area contributed by atoms with Crippen molar-refractivity contribution in [2.24, 2.45) is 0 Å². The highest BCUT2D eigenvalue weighted by Crippen LogP contribution is 2.36. The van der Waals surface area contributed by atoms with Crippen LogP contribution in [-0.4, -0.2) is 27.2 Å². The Bertz CT molecular complexity index is 1080. The van der Waals surface area contributed by atoms with E-state index in [0.29, 0.717) is 23.7 Å². The summed E-state index contributed by atoms with van der Waals surface area (Å²) in [6.45, 7) is -0.0247. The number of hydrogen-bond donors (Lipinski definition) is 0. The molecule has 0 N–H and O–H groups in total. The number of methoxy groups -OCH3 is 1. The van der Waals surface area contributed by atoms with Crippen LogP contribution in [0, 0.1) is 0 Å². The van der Waals surface area contributed by atoms with Gasteiger partial charge in [0.25, 0.3) is 0 Å². The molecule has 1 aliphatic carbocycles. The minimum atomic E-state index is -0.229. The van der Waals surface area contributed by atoms with Gasteiger partial charge in [0.1, 0.15) is 12.3 Å². The van der Waals surface area contributed by atoms with Crippen molar-refractivity contribution in [3.63, 3.8) is 0 Å². The summed E-state index contributed by atoms with van der Waals surface area (Å²) in [6.07, 6.45) is 2.84. The fourth-order valence-electron chi connectivity index (χ4n) is 3.34. The Morgan fingerprint density at radius 2 is 1.97 bits per heavy atom. The van der Waals surface area contributed by atoms with Crippen LogP contribution < -0.4 is 10.4 Å². The maximum Gasteiger partial charge on any atom is 0.346 e. The van der Waals surface area contributed by atoms with Crippen molar-refractivity contribution in [3.05, 3.63) is 69.6 Å². The SMILES string of the molecule is COc1cccc(CCC(=O)Cn2nc(-c3ccc(Cl)cc3)n(C3CC3)c2=O)c1. The molecule has 0 aliphatic heterocycles. The highest BCUT2D eigenvalue weighted by atomic mass is 35.5. The molecule has 150 valence electrons. The zero-order valence-electron chi connectivity index (χ0n) is 16.2. The van der Waals surface area contributed by atoms with Gasteiger partial charge in [0.15, 0.2) is 11.6 Å². The van der Waals surface area contributed by atoms with Gasteiger partial charge in [-0.25, -0.2) is 9.48 Å². The van der Waals surface area contributed by atoms with Gasteiger partial charge in [-0.1, -0.05) is 23.7 Å². The van der Waals surface area contributed by atoms with E-state index in [-0.39, 0.29) is 24.1 Å². The Labute approximate surface area is 173 Å². The van der Waals surface area contributed by atoms with E-state index in [0.717, 1.165) is 29.7 Å². The molecule has 1 fully saturated rings. The number of halogens is 1. The third-order valence-electron chi connectivity index (χ3n) is 5.04. The molecule has 0 amide bonds. The van der Waals surface area contributed by atoms with E-state index in [1.807, 2.05) is 36.4 Å². The first kappa shape index (κ1) is 19.5. The molecule has 1 saturated carbocycles. The summed E-state index contributed by atoms with van der Waals surface area (Å²) in [5.74, 6) is 1.33. The fraction of sp³-hybridized carbons (Fsp3) is 0.318. The highest BCUT2D eigenvalue weighted by molar-refractivity contribution is 6.30. The molecule has 0 atom stereocenters. The van der Waals surface area contributed by atoms with Gasteiger partial charge in [-0.2, -0.15) is 0 Å². The molecule has 0 spiro atoms. The predicted octanol–water partition coefficient (Wildman–Crippen LogP) is 3.91. The van der Waals surface area contributed by atoms with E-state index in [2.05, 4.69) is 5.10 Å². The molecular formula is C22H22ClN3O3. The minimum absolute atomic E-state index is 0.0247. The number of ketones is 1. The average Bonchev–Trinajstić information content (AvgIpc) is 3.52. The van der Waals surface area contributed by atoms with Gasteiger partial charge in [-0.3, -0.25) is 9.36 Å². The van der Waals surface area contributed by atoms with E-state index in [4.69, 9.17) is 16.3 Å². The Balaban J connectivity index is 1.51. The lowest BCUT2D eigenvalue weighted by Crippen LogP contribution is -2.27. The first-order valence-electron chi connectivity index (χ1n) is 9.65. The molecule has 1 aromatic heterocycles. The van der Waals surface area contributed by atoms with E-state index in [9.17, 15) is 9.59 Å². The van der Waals surface area contributed by atoms with Gasteiger partial charge in [0.05, 0.1) is 7.11 Å². The van der Waals surface area contributed by atoms with E-state index in [1.54, 1.807) is 23.8 Å². The van der Waals surface area contributed by atoms with Crippen LogP contribution in [0.5, 0.6) is 5.75 Å². The molecule has 7 heteroatoms. The van der Waals surface area contributed by atoms with Crippen LogP contribution in [-0.2, 0) is 17.8 Å². The number of benzene rings is 2. The minimum Gasteiger partial charge on any atom is -0.497 e. The molecule has 2 aromatic carbocycles. The van der Waals surface area contributed by atoms with Crippen LogP contribution in [0.2, 0.25) is 5.02 Å². The lowest BCUT2D eigenvalue weighted by molar-refractivity contribution is -0.119. The second kappa shape index (κ2) is 8.25. The maximum absolute atomic E-state index is 12.9. The predicted molar refractivity (Wildman–Crippen MR) is 112 cm³/mol. The largest absolute Gasteiger partial charge is 0.497 e. The van der Waals surface area contributed by atoms with E-state index in [1.165, 1.54) is 4.68 Å². The molecule has 4 rings (SSSR count). The molecule has 0 unspecified atom stereocenters. The number of aryl methyl sites for hydroxylation is 1. The van der Waals surface area contributed by atoms with Gasteiger partial charge < -0.3 is 4.74 Å². The highest BCUT2D eigenvalue weighted by Gasteiger charge is 2.30. The molecule has 1 heterocycles. The Hall–Kier alpha value is -2.86. The van der Waals surface area contributed by atoms with Crippen molar-refractivity contribution in [2.75, 3.05) is 7.11 Å². The van der Waals surface area contributed by atoms with Crippen molar-refractivity contribution in [2.45, 2.75) is 38.3 Å². The van der Waals surface area contributed by atoms with Crippen molar-refractivity contribution in [3.8, 4) is 17.1 Å². The topological polar surface area (TPSA) is 66.1 Å². The van der Waals surface area contributed by atoms with Crippen LogP contribution in [0.25, 0.3) is 11.4 Å². The van der Waals surface area contributed by atoms with Crippen LogP contribution >= 0.6 is 11.6 Å². The smallest absolute Gasteiger partial charge is 0.346 e. The zero-order chi connectivity index (χ0) is 20.4. The molecule has 0 saturated heterocycles. The first-order chi connectivity index (χ1) is 14.0.